The molecule has 0 aliphatic heterocycles. The van der Waals surface area contributed by atoms with Crippen molar-refractivity contribution in [3.8, 4) is 0 Å². The summed E-state index contributed by atoms with van der Waals surface area (Å²) in [6.45, 7) is 0. The number of carbonyl (C=O) groups is 1. The van der Waals surface area contributed by atoms with E-state index in [0.717, 1.165) is 0 Å². The first kappa shape index (κ1) is 22.7. The lowest BCUT2D eigenvalue weighted by molar-refractivity contribution is -0.210. The van der Waals surface area contributed by atoms with Gasteiger partial charge in [0.1, 0.15) is 0 Å². The molecular weight excluding hydrogens is 443 g/mol. The predicted octanol–water partition coefficient (Wildman–Crippen LogP) is 5.97. The number of Topliss-reactive ketones (excluding diaryl/α,β-unsaturated/α-hetero) is 1. The highest BCUT2D eigenvalue weighted by atomic mass is 19.4. The second kappa shape index (κ2) is 7.06. The van der Waals surface area contributed by atoms with Gasteiger partial charge in [-0.2, -0.15) is 13.2 Å². The van der Waals surface area contributed by atoms with Crippen molar-refractivity contribution in [2.24, 2.45) is 5.41 Å². The molecule has 14 heteroatoms. The third-order valence-corrected chi connectivity index (χ3v) is 3.99. The van der Waals surface area contributed by atoms with Gasteiger partial charge >= 0.3 is 6.18 Å². The van der Waals surface area contributed by atoms with Gasteiger partial charge in [0, 0.05) is 0 Å². The molecule has 0 N–H and O–H groups in total. The van der Waals surface area contributed by atoms with Crippen molar-refractivity contribution < 1.29 is 61.9 Å². The smallest absolute Gasteiger partial charge is 0.293 e. The van der Waals surface area contributed by atoms with Gasteiger partial charge in [-0.15, -0.1) is 0 Å². The average Bonchev–Trinajstić information content (AvgIpc) is 2.65. The summed E-state index contributed by atoms with van der Waals surface area (Å²) in [5, 5.41) is 0. The summed E-state index contributed by atoms with van der Waals surface area (Å²) >= 11 is 0. The second-order valence-corrected chi connectivity index (χ2v) is 5.60. The minimum absolute atomic E-state index is 0.717. The number of hydrogen-bond donors (Lipinski definition) is 0. The number of benzene rings is 1. The van der Waals surface area contributed by atoms with Crippen LogP contribution in [0.1, 0.15) is 10.4 Å². The van der Waals surface area contributed by atoms with Crippen LogP contribution in [0.2, 0.25) is 0 Å². The lowest BCUT2D eigenvalue weighted by Gasteiger charge is -2.38. The molecule has 0 radical (unpaired) electrons. The third-order valence-electron chi connectivity index (χ3n) is 3.99. The molecule has 0 heterocycles. The first-order chi connectivity index (χ1) is 13.1. The van der Waals surface area contributed by atoms with E-state index in [9.17, 15) is 61.9 Å². The summed E-state index contributed by atoms with van der Waals surface area (Å²) in [4.78, 5) is 12.2. The Morgan fingerprint density at radius 2 is 1.41 bits per heavy atom. The highest BCUT2D eigenvalue weighted by Crippen LogP contribution is 2.55. The van der Waals surface area contributed by atoms with Crippen LogP contribution in [-0.2, 0) is 0 Å². The number of hydrogen-bond acceptors (Lipinski definition) is 1. The minimum Gasteiger partial charge on any atom is -0.293 e. The average molecular weight is 446 g/mol. The Balaban J connectivity index is 2.95. The van der Waals surface area contributed by atoms with Crippen LogP contribution in [0.15, 0.2) is 29.4 Å². The molecule has 3 unspecified atom stereocenters. The number of allylic oxidation sites excluding steroid dienone is 4. The number of alkyl halides is 5. The zero-order valence-corrected chi connectivity index (χ0v) is 13.1. The van der Waals surface area contributed by atoms with E-state index in [1.54, 1.807) is 0 Å². The Hall–Kier alpha value is -2.54. The molecule has 0 saturated carbocycles. The van der Waals surface area contributed by atoms with E-state index in [1.807, 2.05) is 0 Å². The van der Waals surface area contributed by atoms with Gasteiger partial charge in [-0.3, -0.25) is 4.79 Å². The van der Waals surface area contributed by atoms with E-state index in [0.29, 0.717) is 0 Å². The first-order valence-corrected chi connectivity index (χ1v) is 6.95. The maximum Gasteiger partial charge on any atom is 0.421 e. The molecule has 0 spiro atoms. The van der Waals surface area contributed by atoms with Gasteiger partial charge in [-0.25, -0.2) is 43.9 Å². The molecule has 1 aliphatic rings. The van der Waals surface area contributed by atoms with E-state index >= 15 is 0 Å². The minimum atomic E-state index is -6.47. The fourth-order valence-electron chi connectivity index (χ4n) is 2.59. The van der Waals surface area contributed by atoms with Gasteiger partial charge in [0.05, 0.1) is 5.56 Å². The number of carbonyl (C=O) groups excluding carboxylic acids is 1. The van der Waals surface area contributed by atoms with E-state index in [4.69, 9.17) is 0 Å². The molecule has 0 fully saturated rings. The quantitative estimate of drug-likeness (QED) is 0.242. The SMILES string of the molecule is O=C(c1cc(F)c(F)c(F)c1F)C1(C(F)C(F)(F)F)C(F)=C(F)C(F)=C(F)C1F. The molecule has 29 heavy (non-hydrogen) atoms. The Morgan fingerprint density at radius 1 is 0.897 bits per heavy atom. The molecule has 1 aliphatic carbocycles. The third kappa shape index (κ3) is 3.08. The fraction of sp³-hybridized carbons (Fsp3) is 0.267. The molecule has 0 amide bonds. The van der Waals surface area contributed by atoms with Crippen LogP contribution in [0, 0.1) is 28.7 Å². The summed E-state index contributed by atoms with van der Waals surface area (Å²) < 4.78 is 174. The molecule has 160 valence electrons. The van der Waals surface area contributed by atoms with Crippen LogP contribution in [0.5, 0.6) is 0 Å². The van der Waals surface area contributed by atoms with Crippen molar-refractivity contribution in [2.45, 2.75) is 18.5 Å². The number of halogens is 13. The van der Waals surface area contributed by atoms with Crippen molar-refractivity contribution in [3.63, 3.8) is 0 Å². The lowest BCUT2D eigenvalue weighted by atomic mass is 9.68. The van der Waals surface area contributed by atoms with Gasteiger partial charge in [-0.05, 0) is 6.07 Å². The highest BCUT2D eigenvalue weighted by Gasteiger charge is 2.70. The monoisotopic (exact) mass is 446 g/mol. The summed E-state index contributed by atoms with van der Waals surface area (Å²) in [5.74, 6) is -27.1. The van der Waals surface area contributed by atoms with E-state index in [1.165, 1.54) is 0 Å². The molecule has 0 aromatic heterocycles. The number of ketones is 1. The standard InChI is InChI=1S/C15H3F13O/c16-3-1-2(4(17)6(19)5(3)18)12(29)14(13(25)15(26,27)28)10(23)8(21)7(20)9(22)11(14)24/h1,10,13H. The first-order valence-electron chi connectivity index (χ1n) is 6.95. The summed E-state index contributed by atoms with van der Waals surface area (Å²) in [5.41, 5.74) is -7.76. The van der Waals surface area contributed by atoms with E-state index in [-0.39, 0.29) is 0 Å². The normalized spacial score (nSPS) is 24.2. The molecule has 1 nitrogen and oxygen atoms in total. The van der Waals surface area contributed by atoms with Gasteiger partial charge in [0.25, 0.3) is 0 Å². The van der Waals surface area contributed by atoms with Crippen LogP contribution in [0.25, 0.3) is 0 Å². The number of rotatable bonds is 3. The maximum absolute atomic E-state index is 14.2. The summed E-state index contributed by atoms with van der Waals surface area (Å²) in [6, 6.07) is -0.717. The van der Waals surface area contributed by atoms with E-state index < -0.39 is 87.9 Å². The van der Waals surface area contributed by atoms with Crippen molar-refractivity contribution in [3.05, 3.63) is 58.2 Å². The summed E-state index contributed by atoms with van der Waals surface area (Å²) in [7, 11) is 0. The zero-order chi connectivity index (χ0) is 22.6. The van der Waals surface area contributed by atoms with Crippen LogP contribution in [0.3, 0.4) is 0 Å². The van der Waals surface area contributed by atoms with Gasteiger partial charge in [0.2, 0.25) is 6.17 Å². The Labute approximate surface area is 151 Å². The molecule has 2 rings (SSSR count). The Kier molecular flexibility index (Phi) is 5.54. The molecule has 0 saturated heterocycles. The van der Waals surface area contributed by atoms with Crippen LogP contribution < -0.4 is 0 Å². The maximum atomic E-state index is 14.2. The van der Waals surface area contributed by atoms with Crippen LogP contribution >= 0.6 is 0 Å². The molecule has 0 bridgehead atoms. The molecule has 3 atom stereocenters. The highest BCUT2D eigenvalue weighted by molar-refractivity contribution is 6.04. The summed E-state index contributed by atoms with van der Waals surface area (Å²) in [6.07, 6.45) is -16.3. The van der Waals surface area contributed by atoms with Crippen molar-refractivity contribution >= 4 is 5.78 Å². The Bertz CT molecular complexity index is 945. The fourth-order valence-corrected chi connectivity index (χ4v) is 2.59. The van der Waals surface area contributed by atoms with Gasteiger partial charge in [0.15, 0.2) is 63.9 Å². The molecule has 1 aromatic carbocycles. The van der Waals surface area contributed by atoms with E-state index in [2.05, 4.69) is 0 Å². The van der Waals surface area contributed by atoms with Gasteiger partial charge < -0.3 is 0 Å². The van der Waals surface area contributed by atoms with Gasteiger partial charge in [-0.1, -0.05) is 0 Å². The zero-order valence-electron chi connectivity index (χ0n) is 13.1. The topological polar surface area (TPSA) is 17.1 Å². The van der Waals surface area contributed by atoms with Crippen molar-refractivity contribution in [1.82, 2.24) is 0 Å². The molecule has 1 aromatic rings. The lowest BCUT2D eigenvalue weighted by Crippen LogP contribution is -2.56. The second-order valence-electron chi connectivity index (χ2n) is 5.60. The molecular formula is C15H3F13O. The largest absolute Gasteiger partial charge is 0.421 e. The van der Waals surface area contributed by atoms with Crippen molar-refractivity contribution in [1.29, 1.82) is 0 Å². The van der Waals surface area contributed by atoms with Crippen molar-refractivity contribution in [2.75, 3.05) is 0 Å². The Morgan fingerprint density at radius 3 is 1.90 bits per heavy atom. The van der Waals surface area contributed by atoms with Crippen LogP contribution in [0.4, 0.5) is 57.1 Å². The van der Waals surface area contributed by atoms with Crippen LogP contribution in [-0.4, -0.2) is 24.3 Å². The predicted molar refractivity (Wildman–Crippen MR) is 67.4 cm³/mol.